The maximum Gasteiger partial charge on any atom is 0.302 e. The number of carbonyl (C=O) groups is 1. The van der Waals surface area contributed by atoms with E-state index in [1.165, 1.54) is 6.92 Å². The number of rotatable bonds is 2. The molecule has 0 amide bonds. The van der Waals surface area contributed by atoms with Crippen molar-refractivity contribution in [2.45, 2.75) is 83.6 Å². The highest BCUT2D eigenvalue weighted by molar-refractivity contribution is 5.66. The summed E-state index contributed by atoms with van der Waals surface area (Å²) in [6.45, 7) is 8.02. The summed E-state index contributed by atoms with van der Waals surface area (Å²) < 4.78 is 23.4. The number of fused-ring (bicyclic) bond motifs is 4. The van der Waals surface area contributed by atoms with Gasteiger partial charge in [-0.05, 0) is 44.6 Å². The Morgan fingerprint density at radius 1 is 1.29 bits per heavy atom. The van der Waals surface area contributed by atoms with Crippen LogP contribution >= 0.6 is 0 Å². The van der Waals surface area contributed by atoms with Gasteiger partial charge in [0.1, 0.15) is 6.10 Å². The van der Waals surface area contributed by atoms with Crippen molar-refractivity contribution in [1.82, 2.24) is 0 Å². The topological polar surface area (TPSA) is 81.4 Å². The Balaban J connectivity index is 1.59. The van der Waals surface area contributed by atoms with E-state index >= 15 is 0 Å². The molecule has 2 aliphatic carbocycles. The lowest BCUT2D eigenvalue weighted by molar-refractivity contribution is -0.238. The molecule has 2 saturated heterocycles. The normalized spacial score (nSPS) is 52.2. The Hall–Kier alpha value is -1.37. The maximum atomic E-state index is 11.9. The van der Waals surface area contributed by atoms with E-state index in [4.69, 9.17) is 18.6 Å². The zero-order chi connectivity index (χ0) is 19.9. The van der Waals surface area contributed by atoms with Crippen LogP contribution < -0.4 is 0 Å². The molecule has 0 radical (unpaired) electrons. The van der Waals surface area contributed by atoms with Crippen molar-refractivity contribution >= 4 is 5.97 Å². The number of hydrogen-bond acceptors (Lipinski definition) is 6. The molecule has 4 aliphatic rings. The van der Waals surface area contributed by atoms with Gasteiger partial charge < -0.3 is 23.7 Å². The van der Waals surface area contributed by atoms with Crippen LogP contribution in [0.4, 0.5) is 0 Å². The third kappa shape index (κ3) is 2.22. The van der Waals surface area contributed by atoms with Crippen LogP contribution in [0.15, 0.2) is 23.0 Å². The van der Waals surface area contributed by atoms with E-state index in [-0.39, 0.29) is 47.1 Å². The van der Waals surface area contributed by atoms with Gasteiger partial charge in [-0.15, -0.1) is 0 Å². The number of epoxide rings is 1. The van der Waals surface area contributed by atoms with Crippen LogP contribution in [0.3, 0.4) is 0 Å². The zero-order valence-corrected chi connectivity index (χ0v) is 17.0. The highest BCUT2D eigenvalue weighted by Crippen LogP contribution is 2.73. The van der Waals surface area contributed by atoms with E-state index in [1.54, 1.807) is 12.5 Å². The number of esters is 1. The van der Waals surface area contributed by atoms with E-state index in [2.05, 4.69) is 20.8 Å². The molecule has 9 atom stereocenters. The summed E-state index contributed by atoms with van der Waals surface area (Å²) in [6, 6.07) is 1.90. The number of ether oxygens (including phenoxy) is 3. The Kier molecular flexibility index (Phi) is 3.88. The van der Waals surface area contributed by atoms with Gasteiger partial charge >= 0.3 is 5.97 Å². The Morgan fingerprint density at radius 2 is 2.07 bits per heavy atom. The number of aliphatic hydroxyl groups excluding tert-OH is 1. The second-order valence-electron chi connectivity index (χ2n) is 9.75. The van der Waals surface area contributed by atoms with Crippen molar-refractivity contribution in [1.29, 1.82) is 0 Å². The van der Waals surface area contributed by atoms with Crippen LogP contribution in [0.25, 0.3) is 0 Å². The van der Waals surface area contributed by atoms with Crippen LogP contribution in [0.1, 0.15) is 65.0 Å². The number of aliphatic hydroxyl groups is 1. The molecule has 1 spiro atoms. The first-order valence-corrected chi connectivity index (χ1v) is 10.4. The third-order valence-electron chi connectivity index (χ3n) is 8.77. The lowest BCUT2D eigenvalue weighted by atomic mass is 9.43. The Labute approximate surface area is 165 Å². The predicted molar refractivity (Wildman–Crippen MR) is 99.0 cm³/mol. The second-order valence-corrected chi connectivity index (χ2v) is 9.75. The van der Waals surface area contributed by atoms with Crippen molar-refractivity contribution in [3.63, 3.8) is 0 Å². The van der Waals surface area contributed by atoms with E-state index < -0.39 is 11.7 Å². The quantitative estimate of drug-likeness (QED) is 0.614. The first kappa shape index (κ1) is 18.6. The van der Waals surface area contributed by atoms with Gasteiger partial charge in [-0.2, -0.15) is 0 Å². The summed E-state index contributed by atoms with van der Waals surface area (Å²) in [5.41, 5.74) is 0.0456. The van der Waals surface area contributed by atoms with Gasteiger partial charge in [-0.1, -0.05) is 13.8 Å². The molecule has 28 heavy (non-hydrogen) atoms. The van der Waals surface area contributed by atoms with Gasteiger partial charge in [0.05, 0.1) is 30.3 Å². The summed E-state index contributed by atoms with van der Waals surface area (Å²) in [6.07, 6.45) is 5.64. The van der Waals surface area contributed by atoms with Crippen LogP contribution in [0.2, 0.25) is 0 Å². The van der Waals surface area contributed by atoms with Gasteiger partial charge in [-0.3, -0.25) is 4.79 Å². The summed E-state index contributed by atoms with van der Waals surface area (Å²) in [5.74, 6) is -0.0548. The van der Waals surface area contributed by atoms with Crippen molar-refractivity contribution in [2.24, 2.45) is 22.7 Å². The molecule has 0 aromatic carbocycles. The number of furan rings is 1. The molecule has 2 saturated carbocycles. The summed E-state index contributed by atoms with van der Waals surface area (Å²) in [4.78, 5) is 11.9. The molecular weight excluding hydrogens is 360 g/mol. The van der Waals surface area contributed by atoms with Crippen LogP contribution in [-0.2, 0) is 19.0 Å². The second kappa shape index (κ2) is 5.83. The molecule has 1 aromatic heterocycles. The SMILES string of the molecule is CC(=O)O[C@@H]1C[C@]2(C)[C@H](CC[C@H]3O[C@]32C)[C@]2(C[C@H](c3ccoc3)O[C@@H]2O)[C@@H]1C. The molecule has 1 N–H and O–H groups in total. The average molecular weight is 390 g/mol. The summed E-state index contributed by atoms with van der Waals surface area (Å²) >= 11 is 0. The minimum atomic E-state index is -0.913. The molecular formula is C22H30O6. The molecule has 3 heterocycles. The average Bonchev–Trinajstić information content (AvgIpc) is 2.98. The highest BCUT2D eigenvalue weighted by atomic mass is 16.6. The Morgan fingerprint density at radius 3 is 2.75 bits per heavy atom. The zero-order valence-electron chi connectivity index (χ0n) is 17.0. The largest absolute Gasteiger partial charge is 0.472 e. The molecule has 5 rings (SSSR count). The summed E-state index contributed by atoms with van der Waals surface area (Å²) in [7, 11) is 0. The third-order valence-corrected chi connectivity index (χ3v) is 8.77. The fraction of sp³-hybridized carbons (Fsp3) is 0.773. The lowest BCUT2D eigenvalue weighted by Crippen LogP contribution is -2.64. The fourth-order valence-corrected chi connectivity index (χ4v) is 7.03. The van der Waals surface area contributed by atoms with Crippen LogP contribution in [0, 0.1) is 22.7 Å². The first-order chi connectivity index (χ1) is 13.2. The van der Waals surface area contributed by atoms with E-state index in [0.717, 1.165) is 24.8 Å². The predicted octanol–water partition coefficient (Wildman–Crippen LogP) is 3.59. The molecule has 1 aromatic rings. The molecule has 0 bridgehead atoms. The minimum absolute atomic E-state index is 0.0136. The first-order valence-electron chi connectivity index (χ1n) is 10.4. The van der Waals surface area contributed by atoms with Crippen molar-refractivity contribution in [2.75, 3.05) is 0 Å². The fourth-order valence-electron chi connectivity index (χ4n) is 7.03. The lowest BCUT2D eigenvalue weighted by Gasteiger charge is -2.61. The molecule has 0 unspecified atom stereocenters. The van der Waals surface area contributed by atoms with Crippen molar-refractivity contribution in [3.8, 4) is 0 Å². The van der Waals surface area contributed by atoms with E-state index in [1.807, 2.05) is 6.07 Å². The van der Waals surface area contributed by atoms with Crippen LogP contribution in [0.5, 0.6) is 0 Å². The van der Waals surface area contributed by atoms with Crippen molar-refractivity contribution in [3.05, 3.63) is 24.2 Å². The molecule has 154 valence electrons. The van der Waals surface area contributed by atoms with Gasteiger partial charge in [-0.25, -0.2) is 0 Å². The van der Waals surface area contributed by atoms with Gasteiger partial charge in [0.25, 0.3) is 0 Å². The maximum absolute atomic E-state index is 11.9. The number of carbonyl (C=O) groups excluding carboxylic acids is 1. The minimum Gasteiger partial charge on any atom is -0.472 e. The monoisotopic (exact) mass is 390 g/mol. The van der Waals surface area contributed by atoms with E-state index in [0.29, 0.717) is 6.42 Å². The Bertz CT molecular complexity index is 776. The molecule has 4 fully saturated rings. The number of hydrogen-bond donors (Lipinski definition) is 1. The molecule has 6 nitrogen and oxygen atoms in total. The molecule has 6 heteroatoms. The van der Waals surface area contributed by atoms with Crippen LogP contribution in [-0.4, -0.2) is 35.2 Å². The van der Waals surface area contributed by atoms with Gasteiger partial charge in [0.15, 0.2) is 6.29 Å². The van der Waals surface area contributed by atoms with E-state index in [9.17, 15) is 9.90 Å². The van der Waals surface area contributed by atoms with Gasteiger partial charge in [0, 0.05) is 29.2 Å². The summed E-state index contributed by atoms with van der Waals surface area (Å²) in [5, 5.41) is 11.3. The highest BCUT2D eigenvalue weighted by Gasteiger charge is 2.76. The van der Waals surface area contributed by atoms with Gasteiger partial charge in [0.2, 0.25) is 0 Å². The molecule has 2 aliphatic heterocycles. The van der Waals surface area contributed by atoms with Crippen molar-refractivity contribution < 1.29 is 28.5 Å². The standard InChI is InChI=1S/C22H30O6/c1-12-15(26-13(2)23)9-20(3)17(5-6-18-21(20,4)28-18)22(12)10-16(27-19(22)24)14-7-8-25-11-14/h7-8,11-12,15-19,24H,5-6,9-10H2,1-4H3/t12-,15-,16-,17+,18-,19+,20-,21-,22+/m1/s1. The smallest absolute Gasteiger partial charge is 0.302 e.